The summed E-state index contributed by atoms with van der Waals surface area (Å²) in [7, 11) is 0. The van der Waals surface area contributed by atoms with Crippen molar-refractivity contribution in [2.24, 2.45) is 0 Å². The highest BCUT2D eigenvalue weighted by atomic mass is 16.3. The highest BCUT2D eigenvalue weighted by Gasteiger charge is 2.14. The molecule has 94 valence electrons. The Hall–Kier alpha value is -1.75. The normalized spacial score (nSPS) is 10.2. The number of carbonyl (C=O) groups is 1. The highest BCUT2D eigenvalue weighted by molar-refractivity contribution is 5.95. The van der Waals surface area contributed by atoms with Gasteiger partial charge in [0.1, 0.15) is 5.75 Å². The minimum atomic E-state index is -0.170. The molecule has 0 fully saturated rings. The number of aliphatic hydroxyl groups excluding tert-OH is 1. The van der Waals surface area contributed by atoms with Gasteiger partial charge >= 0.3 is 0 Å². The molecule has 5 nitrogen and oxygen atoms in total. The van der Waals surface area contributed by atoms with Crippen molar-refractivity contribution in [1.82, 2.24) is 4.90 Å². The molecule has 5 heteroatoms. The number of aromatic hydroxyl groups is 1. The van der Waals surface area contributed by atoms with Gasteiger partial charge in [0.25, 0.3) is 5.91 Å². The number of nitrogen functional groups attached to an aromatic ring is 1. The number of phenolic OH excluding ortho intramolecular Hbond substituents is 1. The smallest absolute Gasteiger partial charge is 0.253 e. The lowest BCUT2D eigenvalue weighted by Gasteiger charge is -2.20. The second-order valence-corrected chi connectivity index (χ2v) is 3.74. The molecule has 0 saturated carbocycles. The van der Waals surface area contributed by atoms with Crippen LogP contribution in [0, 0.1) is 0 Å². The first-order valence-electron chi connectivity index (χ1n) is 5.58. The summed E-state index contributed by atoms with van der Waals surface area (Å²) >= 11 is 0. The first-order valence-corrected chi connectivity index (χ1v) is 5.58. The van der Waals surface area contributed by atoms with Crippen molar-refractivity contribution < 1.29 is 15.0 Å². The van der Waals surface area contributed by atoms with Gasteiger partial charge in [0.15, 0.2) is 0 Å². The first kappa shape index (κ1) is 13.3. The molecule has 17 heavy (non-hydrogen) atoms. The fraction of sp³-hybridized carbons (Fsp3) is 0.417. The van der Waals surface area contributed by atoms with E-state index in [9.17, 15) is 9.90 Å². The van der Waals surface area contributed by atoms with Crippen LogP contribution in [0.2, 0.25) is 0 Å². The number of anilines is 1. The van der Waals surface area contributed by atoms with Crippen LogP contribution in [0.3, 0.4) is 0 Å². The summed E-state index contributed by atoms with van der Waals surface area (Å²) in [6.45, 7) is 2.98. The van der Waals surface area contributed by atoms with Crippen LogP contribution in [0.25, 0.3) is 0 Å². The number of hydrogen-bond acceptors (Lipinski definition) is 4. The van der Waals surface area contributed by atoms with Crippen molar-refractivity contribution in [2.75, 3.05) is 25.4 Å². The van der Waals surface area contributed by atoms with Gasteiger partial charge in [-0.25, -0.2) is 0 Å². The van der Waals surface area contributed by atoms with Gasteiger partial charge in [0.05, 0.1) is 5.69 Å². The topological polar surface area (TPSA) is 86.8 Å². The summed E-state index contributed by atoms with van der Waals surface area (Å²) in [4.78, 5) is 13.6. The summed E-state index contributed by atoms with van der Waals surface area (Å²) < 4.78 is 0. The number of carbonyl (C=O) groups excluding carboxylic acids is 1. The van der Waals surface area contributed by atoms with E-state index in [-0.39, 0.29) is 24.0 Å². The van der Waals surface area contributed by atoms with Crippen molar-refractivity contribution >= 4 is 11.6 Å². The third-order valence-electron chi connectivity index (χ3n) is 2.53. The SMILES string of the molecule is CCN(CCCO)C(=O)c1ccc(N)c(O)c1. The van der Waals surface area contributed by atoms with Crippen LogP contribution >= 0.6 is 0 Å². The molecule has 0 aromatic heterocycles. The van der Waals surface area contributed by atoms with Crippen LogP contribution in [0.5, 0.6) is 5.75 Å². The number of phenols is 1. The molecule has 1 rings (SSSR count). The van der Waals surface area contributed by atoms with Crippen molar-refractivity contribution in [3.8, 4) is 5.75 Å². The Balaban J connectivity index is 2.82. The summed E-state index contributed by atoms with van der Waals surface area (Å²) in [6, 6.07) is 4.45. The van der Waals surface area contributed by atoms with Crippen LogP contribution in [0.15, 0.2) is 18.2 Å². The molecule has 0 atom stereocenters. The molecule has 0 saturated heterocycles. The summed E-state index contributed by atoms with van der Waals surface area (Å²) in [5, 5.41) is 18.2. The van der Waals surface area contributed by atoms with Gasteiger partial charge in [0.2, 0.25) is 0 Å². The molecule has 0 aliphatic heterocycles. The van der Waals surface area contributed by atoms with Crippen molar-refractivity contribution in [2.45, 2.75) is 13.3 Å². The lowest BCUT2D eigenvalue weighted by Crippen LogP contribution is -2.32. The molecule has 0 bridgehead atoms. The van der Waals surface area contributed by atoms with Crippen LogP contribution in [0.1, 0.15) is 23.7 Å². The van der Waals surface area contributed by atoms with E-state index in [2.05, 4.69) is 0 Å². The molecular formula is C12H18N2O3. The maximum atomic E-state index is 12.0. The van der Waals surface area contributed by atoms with Crippen LogP contribution in [-0.4, -0.2) is 40.7 Å². The Morgan fingerprint density at radius 1 is 1.47 bits per heavy atom. The van der Waals surface area contributed by atoms with Crippen molar-refractivity contribution in [3.63, 3.8) is 0 Å². The number of hydrogen-bond donors (Lipinski definition) is 3. The molecule has 4 N–H and O–H groups in total. The Kier molecular flexibility index (Phi) is 4.78. The van der Waals surface area contributed by atoms with Crippen molar-refractivity contribution in [3.05, 3.63) is 23.8 Å². The summed E-state index contributed by atoms with van der Waals surface area (Å²) in [6.07, 6.45) is 0.542. The zero-order chi connectivity index (χ0) is 12.8. The molecule has 0 spiro atoms. The van der Waals surface area contributed by atoms with Gasteiger partial charge in [-0.15, -0.1) is 0 Å². The van der Waals surface area contributed by atoms with Crippen molar-refractivity contribution in [1.29, 1.82) is 0 Å². The molecule has 1 aromatic carbocycles. The Bertz CT molecular complexity index is 393. The number of aliphatic hydroxyl groups is 1. The van der Waals surface area contributed by atoms with Gasteiger partial charge in [-0.2, -0.15) is 0 Å². The van der Waals surface area contributed by atoms with Crippen LogP contribution < -0.4 is 5.73 Å². The molecule has 0 radical (unpaired) electrons. The first-order chi connectivity index (χ1) is 8.10. The van der Waals surface area contributed by atoms with E-state index in [1.165, 1.54) is 12.1 Å². The molecule has 0 heterocycles. The van der Waals surface area contributed by atoms with E-state index < -0.39 is 0 Å². The number of rotatable bonds is 5. The monoisotopic (exact) mass is 238 g/mol. The third-order valence-corrected chi connectivity index (χ3v) is 2.53. The molecular weight excluding hydrogens is 220 g/mol. The third kappa shape index (κ3) is 3.35. The van der Waals surface area contributed by atoms with Gasteiger partial charge in [0, 0.05) is 25.3 Å². The Morgan fingerprint density at radius 2 is 2.18 bits per heavy atom. The number of nitrogens with zero attached hydrogens (tertiary/aromatic N) is 1. The quantitative estimate of drug-likeness (QED) is 0.523. The largest absolute Gasteiger partial charge is 0.506 e. The number of amides is 1. The Morgan fingerprint density at radius 3 is 2.71 bits per heavy atom. The second-order valence-electron chi connectivity index (χ2n) is 3.74. The van der Waals surface area contributed by atoms with Gasteiger partial charge < -0.3 is 20.8 Å². The standard InChI is InChI=1S/C12H18N2O3/c1-2-14(6-3-7-15)12(17)9-4-5-10(13)11(16)8-9/h4-5,8,15-16H,2-3,6-7,13H2,1H3. The fourth-order valence-corrected chi connectivity index (χ4v) is 1.52. The molecule has 1 amide bonds. The lowest BCUT2D eigenvalue weighted by atomic mass is 10.1. The van der Waals surface area contributed by atoms with E-state index in [4.69, 9.17) is 10.8 Å². The van der Waals surface area contributed by atoms with E-state index in [1.54, 1.807) is 11.0 Å². The van der Waals surface area contributed by atoms with Gasteiger partial charge in [-0.05, 0) is 31.5 Å². The molecule has 0 unspecified atom stereocenters. The predicted octanol–water partition coefficient (Wildman–Crippen LogP) is 0.819. The Labute approximate surface area is 100 Å². The zero-order valence-electron chi connectivity index (χ0n) is 9.89. The average Bonchev–Trinajstić information content (AvgIpc) is 2.33. The molecule has 0 aliphatic rings. The fourth-order valence-electron chi connectivity index (χ4n) is 1.52. The summed E-state index contributed by atoms with van der Waals surface area (Å²) in [5.74, 6) is -0.259. The van der Waals surface area contributed by atoms with Gasteiger partial charge in [-0.3, -0.25) is 4.79 Å². The van der Waals surface area contributed by atoms with Gasteiger partial charge in [-0.1, -0.05) is 0 Å². The number of nitrogens with two attached hydrogens (primary N) is 1. The van der Waals surface area contributed by atoms with E-state index in [1.807, 2.05) is 6.92 Å². The summed E-state index contributed by atoms with van der Waals surface area (Å²) in [5.41, 5.74) is 6.12. The number of benzene rings is 1. The predicted molar refractivity (Wildman–Crippen MR) is 65.8 cm³/mol. The zero-order valence-corrected chi connectivity index (χ0v) is 9.89. The molecule has 1 aromatic rings. The van der Waals surface area contributed by atoms with E-state index in [0.717, 1.165) is 0 Å². The van der Waals surface area contributed by atoms with E-state index in [0.29, 0.717) is 25.1 Å². The van der Waals surface area contributed by atoms with Crippen LogP contribution in [-0.2, 0) is 0 Å². The minimum Gasteiger partial charge on any atom is -0.506 e. The minimum absolute atomic E-state index is 0.0523. The van der Waals surface area contributed by atoms with Crippen LogP contribution in [0.4, 0.5) is 5.69 Å². The lowest BCUT2D eigenvalue weighted by molar-refractivity contribution is 0.0754. The average molecular weight is 238 g/mol. The maximum absolute atomic E-state index is 12.0. The molecule has 0 aliphatic carbocycles. The maximum Gasteiger partial charge on any atom is 0.253 e. The highest BCUT2D eigenvalue weighted by Crippen LogP contribution is 2.21. The second kappa shape index (κ2) is 6.10. The van der Waals surface area contributed by atoms with E-state index >= 15 is 0 Å².